The molecule has 0 atom stereocenters. The van der Waals surface area contributed by atoms with Crippen LogP contribution in [0, 0.1) is 0 Å². The minimum absolute atomic E-state index is 0.197. The SMILES string of the molecule is Oc1ccc(/C=N/Nc2nc(-c3ccccc3)cc(-c3ccc(O)cc3)n2)cc1. The molecule has 0 radical (unpaired) electrons. The average molecular weight is 382 g/mol. The molecular weight excluding hydrogens is 364 g/mol. The molecule has 1 heterocycles. The summed E-state index contributed by atoms with van der Waals surface area (Å²) in [4.78, 5) is 9.11. The van der Waals surface area contributed by atoms with Gasteiger partial charge < -0.3 is 10.2 Å². The summed E-state index contributed by atoms with van der Waals surface area (Å²) in [5.41, 5.74) is 6.98. The number of phenols is 2. The normalized spacial score (nSPS) is 10.9. The maximum absolute atomic E-state index is 9.55. The number of hydrogen-bond donors (Lipinski definition) is 3. The Labute approximate surface area is 167 Å². The first-order valence-electron chi connectivity index (χ1n) is 8.99. The molecule has 29 heavy (non-hydrogen) atoms. The summed E-state index contributed by atoms with van der Waals surface area (Å²) < 4.78 is 0. The number of anilines is 1. The lowest BCUT2D eigenvalue weighted by Crippen LogP contribution is -2.00. The lowest BCUT2D eigenvalue weighted by Gasteiger charge is -2.08. The summed E-state index contributed by atoms with van der Waals surface area (Å²) in [5, 5.41) is 23.1. The topological polar surface area (TPSA) is 90.6 Å². The largest absolute Gasteiger partial charge is 0.508 e. The fourth-order valence-electron chi connectivity index (χ4n) is 2.76. The Morgan fingerprint density at radius 1 is 0.690 bits per heavy atom. The highest BCUT2D eigenvalue weighted by Gasteiger charge is 2.08. The third kappa shape index (κ3) is 4.56. The summed E-state index contributed by atoms with van der Waals surface area (Å²) in [6.45, 7) is 0. The molecule has 0 amide bonds. The Bertz CT molecular complexity index is 1130. The van der Waals surface area contributed by atoms with Crippen molar-refractivity contribution < 1.29 is 10.2 Å². The molecule has 0 fully saturated rings. The average Bonchev–Trinajstić information content (AvgIpc) is 2.76. The summed E-state index contributed by atoms with van der Waals surface area (Å²) in [5.74, 6) is 0.750. The standard InChI is InChI=1S/C23H18N4O2/c28-19-10-6-16(7-11-19)15-24-27-23-25-21(17-4-2-1-3-5-17)14-22(26-23)18-8-12-20(29)13-9-18/h1-15,28-29H,(H,25,26,27)/b24-15+. The van der Waals surface area contributed by atoms with Gasteiger partial charge in [-0.2, -0.15) is 5.10 Å². The first-order chi connectivity index (χ1) is 14.2. The van der Waals surface area contributed by atoms with E-state index in [2.05, 4.69) is 20.5 Å². The number of nitrogens with zero attached hydrogens (tertiary/aromatic N) is 3. The lowest BCUT2D eigenvalue weighted by atomic mass is 10.1. The molecule has 1 aromatic heterocycles. The minimum Gasteiger partial charge on any atom is -0.508 e. The highest BCUT2D eigenvalue weighted by molar-refractivity contribution is 5.80. The van der Waals surface area contributed by atoms with Crippen LogP contribution in [0.15, 0.2) is 90.0 Å². The van der Waals surface area contributed by atoms with Gasteiger partial charge in [-0.3, -0.25) is 0 Å². The van der Waals surface area contributed by atoms with E-state index in [1.165, 1.54) is 0 Å². The maximum Gasteiger partial charge on any atom is 0.244 e. The molecule has 6 nitrogen and oxygen atoms in total. The van der Waals surface area contributed by atoms with E-state index in [4.69, 9.17) is 0 Å². The van der Waals surface area contributed by atoms with Crippen molar-refractivity contribution >= 4 is 12.2 Å². The van der Waals surface area contributed by atoms with Crippen molar-refractivity contribution in [2.45, 2.75) is 0 Å². The van der Waals surface area contributed by atoms with E-state index in [0.717, 1.165) is 22.4 Å². The van der Waals surface area contributed by atoms with Crippen LogP contribution in [-0.4, -0.2) is 26.4 Å². The van der Waals surface area contributed by atoms with Gasteiger partial charge in [0.25, 0.3) is 0 Å². The Kier molecular flexibility index (Phi) is 5.16. The van der Waals surface area contributed by atoms with E-state index in [9.17, 15) is 10.2 Å². The second-order valence-electron chi connectivity index (χ2n) is 6.34. The van der Waals surface area contributed by atoms with Gasteiger partial charge in [-0.05, 0) is 60.2 Å². The molecule has 0 bridgehead atoms. The summed E-state index contributed by atoms with van der Waals surface area (Å²) in [6.07, 6.45) is 1.62. The summed E-state index contributed by atoms with van der Waals surface area (Å²) in [6, 6.07) is 25.3. The molecule has 6 heteroatoms. The van der Waals surface area contributed by atoms with Crippen LogP contribution in [0.1, 0.15) is 5.56 Å². The predicted molar refractivity (Wildman–Crippen MR) is 114 cm³/mol. The Morgan fingerprint density at radius 2 is 1.24 bits per heavy atom. The van der Waals surface area contributed by atoms with Gasteiger partial charge >= 0.3 is 0 Å². The first-order valence-corrected chi connectivity index (χ1v) is 8.99. The van der Waals surface area contributed by atoms with Gasteiger partial charge in [-0.1, -0.05) is 30.3 Å². The molecule has 4 rings (SSSR count). The van der Waals surface area contributed by atoms with Gasteiger partial charge in [0.1, 0.15) is 11.5 Å². The Balaban J connectivity index is 1.67. The van der Waals surface area contributed by atoms with Crippen LogP contribution in [-0.2, 0) is 0 Å². The maximum atomic E-state index is 9.55. The zero-order valence-corrected chi connectivity index (χ0v) is 15.4. The van der Waals surface area contributed by atoms with E-state index in [-0.39, 0.29) is 11.5 Å². The zero-order chi connectivity index (χ0) is 20.1. The number of benzene rings is 3. The van der Waals surface area contributed by atoms with Crippen molar-refractivity contribution in [3.63, 3.8) is 0 Å². The molecule has 0 spiro atoms. The third-order valence-electron chi connectivity index (χ3n) is 4.23. The van der Waals surface area contributed by atoms with Gasteiger partial charge in [-0.15, -0.1) is 0 Å². The van der Waals surface area contributed by atoms with Crippen molar-refractivity contribution in [2.24, 2.45) is 5.10 Å². The van der Waals surface area contributed by atoms with Crippen LogP contribution in [0.3, 0.4) is 0 Å². The molecule has 142 valence electrons. The molecule has 0 aliphatic carbocycles. The van der Waals surface area contributed by atoms with Crippen molar-refractivity contribution in [1.29, 1.82) is 0 Å². The van der Waals surface area contributed by atoms with E-state index in [1.807, 2.05) is 36.4 Å². The second-order valence-corrected chi connectivity index (χ2v) is 6.34. The molecule has 3 N–H and O–H groups in total. The van der Waals surface area contributed by atoms with Gasteiger partial charge in [0, 0.05) is 11.1 Å². The van der Waals surface area contributed by atoms with Crippen molar-refractivity contribution in [3.05, 3.63) is 90.5 Å². The fourth-order valence-corrected chi connectivity index (χ4v) is 2.76. The smallest absolute Gasteiger partial charge is 0.244 e. The minimum atomic E-state index is 0.197. The van der Waals surface area contributed by atoms with Gasteiger partial charge in [-0.25, -0.2) is 15.4 Å². The van der Waals surface area contributed by atoms with Crippen LogP contribution in [0.4, 0.5) is 5.95 Å². The Morgan fingerprint density at radius 3 is 1.86 bits per heavy atom. The van der Waals surface area contributed by atoms with E-state index in [1.54, 1.807) is 54.7 Å². The molecule has 0 saturated carbocycles. The van der Waals surface area contributed by atoms with Crippen LogP contribution in [0.5, 0.6) is 11.5 Å². The monoisotopic (exact) mass is 382 g/mol. The number of rotatable bonds is 5. The second kappa shape index (κ2) is 8.22. The van der Waals surface area contributed by atoms with E-state index < -0.39 is 0 Å². The molecule has 0 aliphatic rings. The van der Waals surface area contributed by atoms with Crippen LogP contribution >= 0.6 is 0 Å². The first kappa shape index (κ1) is 18.2. The van der Waals surface area contributed by atoms with Crippen LogP contribution in [0.2, 0.25) is 0 Å². The van der Waals surface area contributed by atoms with E-state index >= 15 is 0 Å². The molecule has 3 aromatic carbocycles. The number of aromatic hydroxyl groups is 2. The predicted octanol–water partition coefficient (Wildman–Crippen LogP) is 4.67. The van der Waals surface area contributed by atoms with Crippen molar-refractivity contribution in [1.82, 2.24) is 9.97 Å². The van der Waals surface area contributed by atoms with Crippen molar-refractivity contribution in [2.75, 3.05) is 5.43 Å². The molecule has 0 saturated heterocycles. The molecule has 0 aliphatic heterocycles. The highest BCUT2D eigenvalue weighted by Crippen LogP contribution is 2.26. The molecule has 0 unspecified atom stereocenters. The third-order valence-corrected chi connectivity index (χ3v) is 4.23. The number of hydrazone groups is 1. The summed E-state index contributed by atoms with van der Waals surface area (Å²) >= 11 is 0. The number of aromatic nitrogens is 2. The number of nitrogens with one attached hydrogen (secondary N) is 1. The lowest BCUT2D eigenvalue weighted by molar-refractivity contribution is 0.475. The van der Waals surface area contributed by atoms with Crippen LogP contribution in [0.25, 0.3) is 22.5 Å². The number of phenolic OH excluding ortho intramolecular Hbond substituents is 2. The van der Waals surface area contributed by atoms with Crippen LogP contribution < -0.4 is 5.43 Å². The van der Waals surface area contributed by atoms with Crippen molar-refractivity contribution in [3.8, 4) is 34.0 Å². The van der Waals surface area contributed by atoms with Gasteiger partial charge in [0.05, 0.1) is 17.6 Å². The number of hydrogen-bond acceptors (Lipinski definition) is 6. The van der Waals surface area contributed by atoms with Gasteiger partial charge in [0.15, 0.2) is 0 Å². The quantitative estimate of drug-likeness (QED) is 0.345. The molecule has 4 aromatic rings. The van der Waals surface area contributed by atoms with E-state index in [0.29, 0.717) is 11.6 Å². The highest BCUT2D eigenvalue weighted by atomic mass is 16.3. The summed E-state index contributed by atoms with van der Waals surface area (Å²) in [7, 11) is 0. The zero-order valence-electron chi connectivity index (χ0n) is 15.4. The molecular formula is C23H18N4O2. The van der Waals surface area contributed by atoms with Gasteiger partial charge in [0.2, 0.25) is 5.95 Å². The Hall–Kier alpha value is -4.19. The fraction of sp³-hybridized carbons (Fsp3) is 0.